The molecule has 3 rings (SSSR count). The predicted molar refractivity (Wildman–Crippen MR) is 93.6 cm³/mol. The first-order valence-corrected chi connectivity index (χ1v) is 7.55. The highest BCUT2D eigenvalue weighted by molar-refractivity contribution is 6.03. The molecule has 1 aliphatic rings. The number of hydrogen-bond donors (Lipinski definition) is 0. The largest absolute Gasteiger partial charge is 0.0987 e. The predicted octanol–water partition coefficient (Wildman–Crippen LogP) is 5.96. The van der Waals surface area contributed by atoms with E-state index in [-0.39, 0.29) is 5.41 Å². The lowest BCUT2D eigenvalue weighted by Crippen LogP contribution is -2.16. The summed E-state index contributed by atoms with van der Waals surface area (Å²) in [6, 6.07) is 11.1. The van der Waals surface area contributed by atoms with Crippen LogP contribution in [0.5, 0.6) is 0 Å². The summed E-state index contributed by atoms with van der Waals surface area (Å²) in [5.74, 6) is 0. The number of fused-ring (bicyclic) bond motifs is 3. The molecule has 0 N–H and O–H groups in total. The van der Waals surface area contributed by atoms with E-state index in [4.69, 9.17) is 0 Å². The third kappa shape index (κ3) is 1.82. The highest BCUT2D eigenvalue weighted by atomic mass is 14.4. The van der Waals surface area contributed by atoms with E-state index in [0.29, 0.717) is 0 Å². The van der Waals surface area contributed by atoms with Crippen molar-refractivity contribution in [1.82, 2.24) is 0 Å². The van der Waals surface area contributed by atoms with Crippen LogP contribution in [-0.2, 0) is 5.41 Å². The maximum Gasteiger partial charge on any atom is 0.0158 e. The van der Waals surface area contributed by atoms with Gasteiger partial charge in [-0.2, -0.15) is 0 Å². The molecule has 0 saturated carbocycles. The average Bonchev–Trinajstić information content (AvgIpc) is 2.67. The van der Waals surface area contributed by atoms with Gasteiger partial charge in [-0.3, -0.25) is 0 Å². The van der Waals surface area contributed by atoms with Gasteiger partial charge < -0.3 is 0 Å². The smallest absolute Gasteiger partial charge is 0.0158 e. The molecular weight excluding hydrogens is 252 g/mol. The molecule has 0 spiro atoms. The van der Waals surface area contributed by atoms with E-state index in [9.17, 15) is 0 Å². The van der Waals surface area contributed by atoms with Crippen molar-refractivity contribution in [3.05, 3.63) is 77.4 Å². The van der Waals surface area contributed by atoms with Crippen LogP contribution < -0.4 is 0 Å². The molecule has 0 aliphatic heterocycles. The Kier molecular flexibility index (Phi) is 3.13. The van der Waals surface area contributed by atoms with Crippen molar-refractivity contribution in [3.8, 4) is 0 Å². The third-order valence-electron chi connectivity index (χ3n) is 4.70. The van der Waals surface area contributed by atoms with Crippen molar-refractivity contribution < 1.29 is 0 Å². The third-order valence-corrected chi connectivity index (χ3v) is 4.70. The second-order valence-corrected chi connectivity index (χ2v) is 6.32. The molecule has 2 aromatic carbocycles. The van der Waals surface area contributed by atoms with Crippen molar-refractivity contribution in [2.75, 3.05) is 0 Å². The standard InChI is InChI=1S/C21H22/c1-6-10-17-18(7-2)21(4,5)19-13-14(3)15-11-8-9-12-16(15)20(17)19/h6-13H,2H2,1,3-5H3/b10-6-. The Labute approximate surface area is 127 Å². The van der Waals surface area contributed by atoms with Gasteiger partial charge in [0.1, 0.15) is 0 Å². The second kappa shape index (κ2) is 4.73. The molecule has 0 radical (unpaired) electrons. The van der Waals surface area contributed by atoms with E-state index in [1.165, 1.54) is 38.6 Å². The van der Waals surface area contributed by atoms with Crippen LogP contribution in [0.25, 0.3) is 16.3 Å². The number of rotatable bonds is 2. The lowest BCUT2D eigenvalue weighted by atomic mass is 9.80. The maximum absolute atomic E-state index is 4.06. The Morgan fingerprint density at radius 3 is 2.38 bits per heavy atom. The highest BCUT2D eigenvalue weighted by Crippen LogP contribution is 2.50. The Hall–Kier alpha value is -2.08. The average molecular weight is 274 g/mol. The summed E-state index contributed by atoms with van der Waals surface area (Å²) in [5.41, 5.74) is 6.81. The molecule has 0 unspecified atom stereocenters. The summed E-state index contributed by atoms with van der Waals surface area (Å²) in [7, 11) is 0. The van der Waals surface area contributed by atoms with Gasteiger partial charge in [0.25, 0.3) is 0 Å². The zero-order valence-electron chi connectivity index (χ0n) is 13.3. The molecule has 0 bridgehead atoms. The molecule has 0 aromatic heterocycles. The molecule has 21 heavy (non-hydrogen) atoms. The summed E-state index contributed by atoms with van der Waals surface area (Å²) in [6.45, 7) is 12.9. The van der Waals surface area contributed by atoms with Crippen LogP contribution in [0.1, 0.15) is 37.5 Å². The van der Waals surface area contributed by atoms with Gasteiger partial charge in [-0.1, -0.05) is 69.0 Å². The minimum Gasteiger partial charge on any atom is -0.0987 e. The van der Waals surface area contributed by atoms with Gasteiger partial charge in [0.05, 0.1) is 0 Å². The minimum absolute atomic E-state index is 0.0146. The fourth-order valence-corrected chi connectivity index (χ4v) is 3.66. The summed E-state index contributed by atoms with van der Waals surface area (Å²) in [6.07, 6.45) is 6.38. The zero-order chi connectivity index (χ0) is 15.2. The Morgan fingerprint density at radius 1 is 1.10 bits per heavy atom. The molecule has 0 nitrogen and oxygen atoms in total. The first-order chi connectivity index (χ1) is 10.0. The van der Waals surface area contributed by atoms with Crippen molar-refractivity contribution in [2.24, 2.45) is 0 Å². The Bertz CT molecular complexity index is 798. The van der Waals surface area contributed by atoms with Gasteiger partial charge in [-0.25, -0.2) is 0 Å². The normalized spacial score (nSPS) is 16.8. The van der Waals surface area contributed by atoms with E-state index in [0.717, 1.165) is 0 Å². The molecule has 0 heteroatoms. The summed E-state index contributed by atoms with van der Waals surface area (Å²) in [5, 5.41) is 2.70. The number of hydrogen-bond acceptors (Lipinski definition) is 0. The van der Waals surface area contributed by atoms with Gasteiger partial charge in [0, 0.05) is 5.41 Å². The summed E-state index contributed by atoms with van der Waals surface area (Å²) < 4.78 is 0. The molecule has 0 amide bonds. The minimum atomic E-state index is 0.0146. The lowest BCUT2D eigenvalue weighted by Gasteiger charge is -2.23. The highest BCUT2D eigenvalue weighted by Gasteiger charge is 2.36. The molecular formula is C21H22. The van der Waals surface area contributed by atoms with E-state index >= 15 is 0 Å². The monoisotopic (exact) mass is 274 g/mol. The maximum atomic E-state index is 4.06. The lowest BCUT2D eigenvalue weighted by molar-refractivity contribution is 0.654. The van der Waals surface area contributed by atoms with Gasteiger partial charge in [-0.15, -0.1) is 0 Å². The molecule has 0 atom stereocenters. The van der Waals surface area contributed by atoms with Crippen LogP contribution >= 0.6 is 0 Å². The summed E-state index contributed by atoms with van der Waals surface area (Å²) in [4.78, 5) is 0. The van der Waals surface area contributed by atoms with Crippen LogP contribution in [0.3, 0.4) is 0 Å². The van der Waals surface area contributed by atoms with Crippen LogP contribution in [-0.4, -0.2) is 0 Å². The van der Waals surface area contributed by atoms with E-state index in [1.807, 2.05) is 6.08 Å². The van der Waals surface area contributed by atoms with E-state index < -0.39 is 0 Å². The number of aryl methyl sites for hydroxylation is 1. The Morgan fingerprint density at radius 2 is 1.76 bits per heavy atom. The molecule has 0 saturated heterocycles. The van der Waals surface area contributed by atoms with Gasteiger partial charge in [-0.05, 0) is 52.5 Å². The van der Waals surface area contributed by atoms with Crippen LogP contribution in [0.4, 0.5) is 0 Å². The van der Waals surface area contributed by atoms with Crippen molar-refractivity contribution in [2.45, 2.75) is 33.1 Å². The molecule has 2 aromatic rings. The van der Waals surface area contributed by atoms with Crippen molar-refractivity contribution >= 4 is 16.3 Å². The molecule has 1 aliphatic carbocycles. The number of benzene rings is 2. The van der Waals surface area contributed by atoms with Crippen molar-refractivity contribution in [1.29, 1.82) is 0 Å². The van der Waals surface area contributed by atoms with Crippen molar-refractivity contribution in [3.63, 3.8) is 0 Å². The second-order valence-electron chi connectivity index (χ2n) is 6.32. The Balaban J connectivity index is 2.52. The van der Waals surface area contributed by atoms with Crippen LogP contribution in [0.15, 0.2) is 60.7 Å². The number of allylic oxidation sites excluding steroid dienone is 5. The van der Waals surface area contributed by atoms with E-state index in [1.54, 1.807) is 0 Å². The van der Waals surface area contributed by atoms with E-state index in [2.05, 4.69) is 76.8 Å². The SMILES string of the molecule is C=CC1=C(/C=C\C)c2c(cc(C)c3ccccc23)C1(C)C. The van der Waals surface area contributed by atoms with Gasteiger partial charge >= 0.3 is 0 Å². The first kappa shape index (κ1) is 13.9. The topological polar surface area (TPSA) is 0 Å². The first-order valence-electron chi connectivity index (χ1n) is 7.55. The molecule has 106 valence electrons. The molecule has 0 fully saturated rings. The van der Waals surface area contributed by atoms with Crippen LogP contribution in [0, 0.1) is 6.92 Å². The van der Waals surface area contributed by atoms with Gasteiger partial charge in [0.2, 0.25) is 0 Å². The fraction of sp³-hybridized carbons (Fsp3) is 0.238. The quantitative estimate of drug-likeness (QED) is 0.634. The molecule has 0 heterocycles. The summed E-state index contributed by atoms with van der Waals surface area (Å²) >= 11 is 0. The van der Waals surface area contributed by atoms with Gasteiger partial charge in [0.15, 0.2) is 0 Å². The van der Waals surface area contributed by atoms with Crippen LogP contribution in [0.2, 0.25) is 0 Å². The zero-order valence-corrected chi connectivity index (χ0v) is 13.3. The fourth-order valence-electron chi connectivity index (χ4n) is 3.66.